The number of aromatic amines is 1. The van der Waals surface area contributed by atoms with Crippen LogP contribution in [0.3, 0.4) is 0 Å². The predicted molar refractivity (Wildman–Crippen MR) is 104 cm³/mol. The average Bonchev–Trinajstić information content (AvgIpc) is 3.46. The van der Waals surface area contributed by atoms with Gasteiger partial charge in [-0.25, -0.2) is 8.78 Å². The topological polar surface area (TPSA) is 67.0 Å². The van der Waals surface area contributed by atoms with Crippen molar-refractivity contribution in [3.63, 3.8) is 0 Å². The maximum atomic E-state index is 14.6. The first-order valence-corrected chi connectivity index (χ1v) is 9.37. The van der Waals surface area contributed by atoms with Crippen molar-refractivity contribution in [3.05, 3.63) is 77.6 Å². The number of carbonyl (C=O) groups is 1. The molecule has 2 aliphatic rings. The third-order valence-corrected chi connectivity index (χ3v) is 5.38. The number of carbonyl (C=O) groups excluding carboxylic acids is 1. The summed E-state index contributed by atoms with van der Waals surface area (Å²) in [5.41, 5.74) is 2.72. The Morgan fingerprint density at radius 2 is 1.83 bits per heavy atom. The van der Waals surface area contributed by atoms with Gasteiger partial charge in [-0.1, -0.05) is 18.2 Å². The molecule has 29 heavy (non-hydrogen) atoms. The van der Waals surface area contributed by atoms with Crippen LogP contribution in [0.15, 0.2) is 60.3 Å². The first-order valence-electron chi connectivity index (χ1n) is 9.37. The van der Waals surface area contributed by atoms with E-state index in [1.54, 1.807) is 30.5 Å². The van der Waals surface area contributed by atoms with Crippen LogP contribution in [-0.4, -0.2) is 28.3 Å². The van der Waals surface area contributed by atoms with Gasteiger partial charge in [0.15, 0.2) is 0 Å². The van der Waals surface area contributed by atoms with Gasteiger partial charge in [0, 0.05) is 28.6 Å². The molecule has 5 rings (SSSR count). The third-order valence-electron chi connectivity index (χ3n) is 5.38. The summed E-state index contributed by atoms with van der Waals surface area (Å²) < 4.78 is 34.5. The molecule has 1 saturated heterocycles. The Hall–Kier alpha value is -3.32. The molecule has 2 unspecified atom stereocenters. The number of halogens is 2. The number of hydrogen-bond donors (Lipinski definition) is 2. The molecule has 2 aliphatic heterocycles. The van der Waals surface area contributed by atoms with Gasteiger partial charge in [0.25, 0.3) is 5.91 Å². The molecular formula is C22H17F2N3O2. The number of hydrogen-bond acceptors (Lipinski definition) is 3. The van der Waals surface area contributed by atoms with Crippen molar-refractivity contribution in [2.45, 2.75) is 25.0 Å². The van der Waals surface area contributed by atoms with Crippen LogP contribution in [0.4, 0.5) is 14.5 Å². The molecule has 1 amide bonds. The molecule has 3 heterocycles. The van der Waals surface area contributed by atoms with Gasteiger partial charge in [0.2, 0.25) is 0 Å². The summed E-state index contributed by atoms with van der Waals surface area (Å²) in [4.78, 5) is 13.0. The summed E-state index contributed by atoms with van der Waals surface area (Å²) >= 11 is 0. The van der Waals surface area contributed by atoms with Crippen LogP contribution in [-0.2, 0) is 9.53 Å². The first-order chi connectivity index (χ1) is 14.1. The average molecular weight is 393 g/mol. The Kier molecular flexibility index (Phi) is 4.24. The number of amides is 1. The summed E-state index contributed by atoms with van der Waals surface area (Å²) in [5.74, 6) is -1.45. The van der Waals surface area contributed by atoms with Crippen LogP contribution < -0.4 is 5.32 Å². The molecule has 2 N–H and O–H groups in total. The van der Waals surface area contributed by atoms with Gasteiger partial charge in [0.05, 0.1) is 23.5 Å². The molecule has 5 nitrogen and oxygen atoms in total. The maximum Gasteiger partial charge on any atom is 0.254 e. The number of anilines is 1. The summed E-state index contributed by atoms with van der Waals surface area (Å²) in [5, 5.41) is 9.60. The lowest BCUT2D eigenvalue weighted by Gasteiger charge is -2.16. The maximum absolute atomic E-state index is 14.6. The van der Waals surface area contributed by atoms with E-state index >= 15 is 0 Å². The molecule has 3 aromatic rings. The second kappa shape index (κ2) is 6.93. The fraction of sp³-hybridized carbons (Fsp3) is 0.182. The van der Waals surface area contributed by atoms with E-state index < -0.39 is 11.6 Å². The van der Waals surface area contributed by atoms with Crippen molar-refractivity contribution in [3.8, 4) is 11.1 Å². The molecule has 2 aromatic carbocycles. The van der Waals surface area contributed by atoms with Crippen molar-refractivity contribution < 1.29 is 18.3 Å². The molecule has 2 atom stereocenters. The third kappa shape index (κ3) is 3.03. The lowest BCUT2D eigenvalue weighted by Crippen LogP contribution is -2.23. The Bertz CT molecular complexity index is 1120. The van der Waals surface area contributed by atoms with Crippen LogP contribution in [0.5, 0.6) is 0 Å². The summed E-state index contributed by atoms with van der Waals surface area (Å²) in [6, 6.07) is 12.0. The lowest BCUT2D eigenvalue weighted by molar-refractivity contribution is -0.113. The van der Waals surface area contributed by atoms with Gasteiger partial charge in [0.1, 0.15) is 11.6 Å². The van der Waals surface area contributed by atoms with Crippen molar-refractivity contribution in [1.82, 2.24) is 10.2 Å². The minimum Gasteiger partial charge on any atom is -0.365 e. The van der Waals surface area contributed by atoms with E-state index in [0.29, 0.717) is 11.3 Å². The molecule has 2 bridgehead atoms. The highest BCUT2D eigenvalue weighted by molar-refractivity contribution is 6.11. The normalized spacial score (nSPS) is 20.3. The monoisotopic (exact) mass is 393 g/mol. The molecule has 0 spiro atoms. The fourth-order valence-corrected chi connectivity index (χ4v) is 4.09. The van der Waals surface area contributed by atoms with Crippen LogP contribution in [0.2, 0.25) is 0 Å². The Morgan fingerprint density at radius 1 is 1.03 bits per heavy atom. The molecular weight excluding hydrogens is 376 g/mol. The molecule has 7 heteroatoms. The van der Waals surface area contributed by atoms with Crippen molar-refractivity contribution in [2.24, 2.45) is 0 Å². The second-order valence-corrected chi connectivity index (χ2v) is 7.12. The lowest BCUT2D eigenvalue weighted by atomic mass is 9.89. The summed E-state index contributed by atoms with van der Waals surface area (Å²) in [6.07, 6.45) is 2.83. The quantitative estimate of drug-likeness (QED) is 0.694. The second-order valence-electron chi connectivity index (χ2n) is 7.12. The molecule has 1 aromatic heterocycles. The van der Waals surface area contributed by atoms with Crippen molar-refractivity contribution in [2.75, 3.05) is 5.32 Å². The SMILES string of the molecule is O=C(Nc1ccc(-c2ccccc2F)c(F)c1)C1=C(c2ccn[nH]2)C2CCC1O2. The van der Waals surface area contributed by atoms with Gasteiger partial charge < -0.3 is 10.1 Å². The van der Waals surface area contributed by atoms with Crippen LogP contribution in [0.1, 0.15) is 18.5 Å². The number of nitrogens with one attached hydrogen (secondary N) is 2. The number of ether oxygens (including phenoxy) is 1. The number of benzene rings is 2. The summed E-state index contributed by atoms with van der Waals surface area (Å²) in [6.45, 7) is 0. The molecule has 1 fully saturated rings. The Balaban J connectivity index is 1.44. The van der Waals surface area contributed by atoms with Crippen LogP contribution in [0.25, 0.3) is 16.7 Å². The number of rotatable bonds is 4. The fourth-order valence-electron chi connectivity index (χ4n) is 4.09. The van der Waals surface area contributed by atoms with E-state index in [1.807, 2.05) is 0 Å². The van der Waals surface area contributed by atoms with Crippen molar-refractivity contribution >= 4 is 17.2 Å². The van der Waals surface area contributed by atoms with Gasteiger partial charge in [-0.05, 0) is 43.2 Å². The number of fused-ring (bicyclic) bond motifs is 2. The van der Waals surface area contributed by atoms with E-state index in [-0.39, 0.29) is 29.2 Å². The first kappa shape index (κ1) is 17.8. The van der Waals surface area contributed by atoms with E-state index in [1.165, 1.54) is 24.3 Å². The predicted octanol–water partition coefficient (Wildman–Crippen LogP) is 4.31. The molecule has 0 aliphatic carbocycles. The molecule has 0 radical (unpaired) electrons. The number of aromatic nitrogens is 2. The minimum atomic E-state index is -0.611. The zero-order valence-electron chi connectivity index (χ0n) is 15.3. The smallest absolute Gasteiger partial charge is 0.254 e. The molecule has 146 valence electrons. The number of nitrogens with zero attached hydrogens (tertiary/aromatic N) is 1. The zero-order valence-corrected chi connectivity index (χ0v) is 15.3. The van der Waals surface area contributed by atoms with E-state index in [0.717, 1.165) is 24.1 Å². The Labute approximate surface area is 165 Å². The number of H-pyrrole nitrogens is 1. The standard InChI is InChI=1S/C22H17F2N3O2/c23-15-4-2-1-3-13(15)14-6-5-12(11-16(14)24)26-22(28)21-19-8-7-18(29-19)20(21)17-9-10-25-27-17/h1-6,9-11,18-19H,7-8H2,(H,25,27)(H,26,28). The zero-order chi connectivity index (χ0) is 20.0. The van der Waals surface area contributed by atoms with Crippen LogP contribution >= 0.6 is 0 Å². The largest absolute Gasteiger partial charge is 0.365 e. The minimum absolute atomic E-state index is 0.138. The highest BCUT2D eigenvalue weighted by Gasteiger charge is 2.44. The van der Waals surface area contributed by atoms with E-state index in [2.05, 4.69) is 15.5 Å². The Morgan fingerprint density at radius 3 is 2.59 bits per heavy atom. The van der Waals surface area contributed by atoms with E-state index in [4.69, 9.17) is 4.74 Å². The van der Waals surface area contributed by atoms with Gasteiger partial charge >= 0.3 is 0 Å². The van der Waals surface area contributed by atoms with Gasteiger partial charge in [-0.3, -0.25) is 9.89 Å². The molecule has 0 saturated carbocycles. The van der Waals surface area contributed by atoms with Gasteiger partial charge in [-0.15, -0.1) is 0 Å². The van der Waals surface area contributed by atoms with Crippen LogP contribution in [0, 0.1) is 11.6 Å². The van der Waals surface area contributed by atoms with E-state index in [9.17, 15) is 13.6 Å². The van der Waals surface area contributed by atoms with Gasteiger partial charge in [-0.2, -0.15) is 5.10 Å². The highest BCUT2D eigenvalue weighted by atomic mass is 19.1. The highest BCUT2D eigenvalue weighted by Crippen LogP contribution is 2.44. The van der Waals surface area contributed by atoms with Crippen molar-refractivity contribution in [1.29, 1.82) is 0 Å². The summed E-state index contributed by atoms with van der Waals surface area (Å²) in [7, 11) is 0.